The lowest BCUT2D eigenvalue weighted by Crippen LogP contribution is -2.28. The first-order chi connectivity index (χ1) is 8.63. The Hall–Kier alpha value is -2.23. The highest BCUT2D eigenvalue weighted by Crippen LogP contribution is 2.30. The van der Waals surface area contributed by atoms with Gasteiger partial charge >= 0.3 is 5.97 Å². The highest BCUT2D eigenvalue weighted by molar-refractivity contribution is 5.98. The average molecular weight is 245 g/mol. The van der Waals surface area contributed by atoms with Crippen LogP contribution in [-0.4, -0.2) is 22.2 Å². The Balaban J connectivity index is 2.45. The summed E-state index contributed by atoms with van der Waals surface area (Å²) in [5.74, 6) is -0.686. The second-order valence-electron chi connectivity index (χ2n) is 4.12. The molecule has 0 aliphatic heterocycles. The first-order valence-electron chi connectivity index (χ1n) is 5.83. The second kappa shape index (κ2) is 4.96. The molecule has 4 nitrogen and oxygen atoms in total. The van der Waals surface area contributed by atoms with E-state index in [1.807, 2.05) is 19.1 Å². The third kappa shape index (κ3) is 2.22. The summed E-state index contributed by atoms with van der Waals surface area (Å²) in [6.45, 7) is 1.81. The van der Waals surface area contributed by atoms with Gasteiger partial charge in [0, 0.05) is 16.5 Å². The van der Waals surface area contributed by atoms with E-state index in [1.54, 1.807) is 24.3 Å². The van der Waals surface area contributed by atoms with Crippen LogP contribution in [-0.2, 0) is 4.79 Å². The molecule has 1 unspecified atom stereocenters. The van der Waals surface area contributed by atoms with Crippen molar-refractivity contribution in [1.29, 1.82) is 0 Å². The van der Waals surface area contributed by atoms with Crippen molar-refractivity contribution in [2.45, 2.75) is 19.4 Å². The molecular formula is C14H15NO3. The maximum atomic E-state index is 11.0. The number of hydrogen-bond acceptors (Lipinski definition) is 3. The van der Waals surface area contributed by atoms with Crippen LogP contribution in [0.15, 0.2) is 36.4 Å². The number of carboxylic acids is 1. The number of aliphatic carboxylic acids is 1. The van der Waals surface area contributed by atoms with Gasteiger partial charge in [0.1, 0.15) is 11.8 Å². The van der Waals surface area contributed by atoms with Gasteiger partial charge in [0.05, 0.1) is 0 Å². The summed E-state index contributed by atoms with van der Waals surface area (Å²) >= 11 is 0. The average Bonchev–Trinajstić information content (AvgIpc) is 2.36. The normalized spacial score (nSPS) is 12.3. The molecule has 2 aromatic carbocycles. The monoisotopic (exact) mass is 245 g/mol. The molecule has 0 heterocycles. The Morgan fingerprint density at radius 2 is 1.89 bits per heavy atom. The molecule has 18 heavy (non-hydrogen) atoms. The van der Waals surface area contributed by atoms with E-state index in [0.717, 1.165) is 11.1 Å². The van der Waals surface area contributed by atoms with Crippen molar-refractivity contribution in [3.63, 3.8) is 0 Å². The second-order valence-corrected chi connectivity index (χ2v) is 4.12. The van der Waals surface area contributed by atoms with Crippen molar-refractivity contribution in [3.05, 3.63) is 36.4 Å². The van der Waals surface area contributed by atoms with Crippen LogP contribution in [0.4, 0.5) is 5.69 Å². The molecule has 2 rings (SSSR count). The van der Waals surface area contributed by atoms with Crippen LogP contribution in [0.25, 0.3) is 10.8 Å². The van der Waals surface area contributed by atoms with Gasteiger partial charge in [-0.25, -0.2) is 4.79 Å². The molecule has 94 valence electrons. The fourth-order valence-electron chi connectivity index (χ4n) is 1.95. The maximum absolute atomic E-state index is 11.0. The lowest BCUT2D eigenvalue weighted by molar-refractivity contribution is -0.137. The van der Waals surface area contributed by atoms with Gasteiger partial charge < -0.3 is 15.5 Å². The van der Waals surface area contributed by atoms with Crippen LogP contribution in [0.3, 0.4) is 0 Å². The van der Waals surface area contributed by atoms with Gasteiger partial charge in [-0.1, -0.05) is 31.2 Å². The molecule has 0 aromatic heterocycles. The van der Waals surface area contributed by atoms with Gasteiger partial charge in [0.25, 0.3) is 0 Å². The Labute approximate surface area is 105 Å². The maximum Gasteiger partial charge on any atom is 0.326 e. The molecule has 0 fully saturated rings. The van der Waals surface area contributed by atoms with Crippen molar-refractivity contribution in [3.8, 4) is 5.75 Å². The van der Waals surface area contributed by atoms with Crippen LogP contribution in [0, 0.1) is 0 Å². The number of phenolic OH excluding ortho intramolecular Hbond substituents is 1. The number of hydrogen-bond donors (Lipinski definition) is 3. The van der Waals surface area contributed by atoms with Gasteiger partial charge in [0.2, 0.25) is 0 Å². The predicted octanol–water partition coefficient (Wildman–Crippen LogP) is 2.82. The van der Waals surface area contributed by atoms with Crippen LogP contribution in [0.1, 0.15) is 13.3 Å². The molecular weight excluding hydrogens is 230 g/mol. The number of aromatic hydroxyl groups is 1. The van der Waals surface area contributed by atoms with E-state index in [2.05, 4.69) is 5.32 Å². The zero-order valence-corrected chi connectivity index (χ0v) is 10.1. The van der Waals surface area contributed by atoms with Gasteiger partial charge in [-0.15, -0.1) is 0 Å². The molecule has 0 amide bonds. The lowest BCUT2D eigenvalue weighted by atomic mass is 10.1. The first-order valence-corrected chi connectivity index (χ1v) is 5.83. The molecule has 0 bridgehead atoms. The summed E-state index contributed by atoms with van der Waals surface area (Å²) < 4.78 is 0. The molecule has 2 aromatic rings. The Morgan fingerprint density at radius 3 is 2.56 bits per heavy atom. The number of rotatable bonds is 4. The molecule has 0 saturated heterocycles. The van der Waals surface area contributed by atoms with E-state index in [-0.39, 0.29) is 5.75 Å². The number of anilines is 1. The van der Waals surface area contributed by atoms with E-state index < -0.39 is 12.0 Å². The third-order valence-electron chi connectivity index (χ3n) is 2.94. The minimum Gasteiger partial charge on any atom is -0.507 e. The van der Waals surface area contributed by atoms with Gasteiger partial charge in [-0.2, -0.15) is 0 Å². The van der Waals surface area contributed by atoms with Gasteiger partial charge in [-0.3, -0.25) is 0 Å². The first kappa shape index (κ1) is 12.2. The highest BCUT2D eigenvalue weighted by atomic mass is 16.4. The zero-order chi connectivity index (χ0) is 13.1. The molecule has 0 aliphatic rings. The molecule has 0 radical (unpaired) electrons. The van der Waals surface area contributed by atoms with Gasteiger partial charge in [0.15, 0.2) is 0 Å². The lowest BCUT2D eigenvalue weighted by Gasteiger charge is -2.15. The number of nitrogens with one attached hydrogen (secondary N) is 1. The number of phenols is 1. The summed E-state index contributed by atoms with van der Waals surface area (Å²) in [6.07, 6.45) is 0.491. The standard InChI is InChI=1S/C14H15NO3/c1-2-11(14(17)18)15-12-7-3-6-10-9(12)5-4-8-13(10)16/h3-8,11,15-16H,2H2,1H3,(H,17,18). The minimum atomic E-state index is -0.880. The number of fused-ring (bicyclic) bond motifs is 1. The topological polar surface area (TPSA) is 69.6 Å². The summed E-state index contributed by atoms with van der Waals surface area (Å²) in [4.78, 5) is 11.0. The summed E-state index contributed by atoms with van der Waals surface area (Å²) in [6, 6.07) is 9.99. The quantitative estimate of drug-likeness (QED) is 0.774. The third-order valence-corrected chi connectivity index (χ3v) is 2.94. The van der Waals surface area contributed by atoms with Crippen LogP contribution in [0.5, 0.6) is 5.75 Å². The Morgan fingerprint density at radius 1 is 1.22 bits per heavy atom. The summed E-state index contributed by atoms with van der Waals surface area (Å²) in [5.41, 5.74) is 0.720. The molecule has 3 N–H and O–H groups in total. The van der Waals surface area contributed by atoms with E-state index in [1.165, 1.54) is 0 Å². The van der Waals surface area contributed by atoms with E-state index >= 15 is 0 Å². The van der Waals surface area contributed by atoms with Crippen molar-refractivity contribution in [2.75, 3.05) is 5.32 Å². The summed E-state index contributed by atoms with van der Waals surface area (Å²) in [5, 5.41) is 23.3. The summed E-state index contributed by atoms with van der Waals surface area (Å²) in [7, 11) is 0. The molecule has 1 atom stereocenters. The smallest absolute Gasteiger partial charge is 0.326 e. The molecule has 0 aliphatic carbocycles. The van der Waals surface area contributed by atoms with Crippen molar-refractivity contribution >= 4 is 22.4 Å². The number of carbonyl (C=O) groups is 1. The SMILES string of the molecule is CCC(Nc1cccc2c(O)cccc12)C(=O)O. The molecule has 4 heteroatoms. The van der Waals surface area contributed by atoms with Crippen molar-refractivity contribution < 1.29 is 15.0 Å². The van der Waals surface area contributed by atoms with Crippen LogP contribution >= 0.6 is 0 Å². The largest absolute Gasteiger partial charge is 0.507 e. The number of carboxylic acid groups (broad SMARTS) is 1. The fourth-order valence-corrected chi connectivity index (χ4v) is 1.95. The Kier molecular flexibility index (Phi) is 3.37. The van der Waals surface area contributed by atoms with E-state index in [9.17, 15) is 9.90 Å². The Bertz CT molecular complexity index is 580. The van der Waals surface area contributed by atoms with E-state index in [4.69, 9.17) is 5.11 Å². The van der Waals surface area contributed by atoms with E-state index in [0.29, 0.717) is 11.8 Å². The van der Waals surface area contributed by atoms with Crippen LogP contribution < -0.4 is 5.32 Å². The van der Waals surface area contributed by atoms with Gasteiger partial charge in [-0.05, 0) is 18.6 Å². The predicted molar refractivity (Wildman–Crippen MR) is 71.0 cm³/mol. The fraction of sp³-hybridized carbons (Fsp3) is 0.214. The number of benzene rings is 2. The van der Waals surface area contributed by atoms with Crippen molar-refractivity contribution in [2.24, 2.45) is 0 Å². The molecule has 0 saturated carbocycles. The van der Waals surface area contributed by atoms with Crippen molar-refractivity contribution in [1.82, 2.24) is 0 Å². The van der Waals surface area contributed by atoms with Crippen LogP contribution in [0.2, 0.25) is 0 Å². The molecule has 0 spiro atoms. The highest BCUT2D eigenvalue weighted by Gasteiger charge is 2.15. The zero-order valence-electron chi connectivity index (χ0n) is 10.1. The minimum absolute atomic E-state index is 0.194.